The van der Waals surface area contributed by atoms with Gasteiger partial charge in [0.15, 0.2) is 5.78 Å². The zero-order valence-electron chi connectivity index (χ0n) is 8.93. The Bertz CT molecular complexity index is 399. The Labute approximate surface area is 93.6 Å². The summed E-state index contributed by atoms with van der Waals surface area (Å²) in [4.78, 5) is 11.4. The van der Waals surface area contributed by atoms with Gasteiger partial charge < -0.3 is 9.84 Å². The molecule has 1 N–H and O–H groups in total. The van der Waals surface area contributed by atoms with Crippen molar-refractivity contribution in [1.82, 2.24) is 0 Å². The van der Waals surface area contributed by atoms with Crippen LogP contribution in [-0.2, 0) is 0 Å². The molecule has 0 unspecified atom stereocenters. The van der Waals surface area contributed by atoms with Crippen molar-refractivity contribution in [2.75, 3.05) is 13.0 Å². The lowest BCUT2D eigenvalue weighted by molar-refractivity contribution is 0.101. The summed E-state index contributed by atoms with van der Waals surface area (Å²) in [6, 6.07) is 1.59. The van der Waals surface area contributed by atoms with Crippen molar-refractivity contribution >= 4 is 17.4 Å². The van der Waals surface area contributed by atoms with Crippen LogP contribution in [0.15, 0.2) is 6.07 Å². The number of aromatic hydroxyl groups is 1. The standard InChI is InChI=1S/C11H13ClO3/c1-6-4-8(9(13)5-12)10(14)7(2)11(6)15-3/h4,14H,5H2,1-3H3. The summed E-state index contributed by atoms with van der Waals surface area (Å²) < 4.78 is 5.12. The Balaban J connectivity index is 3.40. The highest BCUT2D eigenvalue weighted by Gasteiger charge is 2.17. The number of carbonyl (C=O) groups is 1. The van der Waals surface area contributed by atoms with E-state index in [4.69, 9.17) is 16.3 Å². The molecule has 0 saturated heterocycles. The lowest BCUT2D eigenvalue weighted by Crippen LogP contribution is -2.04. The first kappa shape index (κ1) is 11.9. The molecule has 0 aliphatic rings. The van der Waals surface area contributed by atoms with Crippen molar-refractivity contribution in [2.24, 2.45) is 0 Å². The highest BCUT2D eigenvalue weighted by atomic mass is 35.5. The number of phenolic OH excluding ortho intramolecular Hbond substituents is 1. The molecule has 15 heavy (non-hydrogen) atoms. The number of ketones is 1. The van der Waals surface area contributed by atoms with Crippen LogP contribution in [0.5, 0.6) is 11.5 Å². The topological polar surface area (TPSA) is 46.5 Å². The Kier molecular flexibility index (Phi) is 3.58. The minimum atomic E-state index is -0.289. The number of methoxy groups -OCH3 is 1. The predicted octanol–water partition coefficient (Wildman–Crippen LogP) is 2.44. The molecular weight excluding hydrogens is 216 g/mol. The second-order valence-electron chi connectivity index (χ2n) is 3.30. The van der Waals surface area contributed by atoms with Crippen LogP contribution in [-0.4, -0.2) is 23.9 Å². The van der Waals surface area contributed by atoms with Gasteiger partial charge in [-0.3, -0.25) is 4.79 Å². The predicted molar refractivity (Wildman–Crippen MR) is 59.2 cm³/mol. The molecule has 0 fully saturated rings. The molecule has 0 amide bonds. The number of benzene rings is 1. The maximum absolute atomic E-state index is 11.4. The first-order chi connectivity index (χ1) is 7.02. The number of Topliss-reactive ketones (excluding diaryl/α,β-unsaturated/α-hetero) is 1. The van der Waals surface area contributed by atoms with Crippen molar-refractivity contribution in [1.29, 1.82) is 0 Å². The minimum Gasteiger partial charge on any atom is -0.507 e. The van der Waals surface area contributed by atoms with Gasteiger partial charge in [0.2, 0.25) is 0 Å². The van der Waals surface area contributed by atoms with E-state index in [0.717, 1.165) is 5.56 Å². The zero-order valence-corrected chi connectivity index (χ0v) is 9.68. The van der Waals surface area contributed by atoms with Gasteiger partial charge in [-0.15, -0.1) is 11.6 Å². The molecule has 1 aromatic rings. The molecular formula is C11H13ClO3. The Hall–Kier alpha value is -1.22. The van der Waals surface area contributed by atoms with Crippen LogP contribution >= 0.6 is 11.6 Å². The molecule has 0 saturated carbocycles. The quantitative estimate of drug-likeness (QED) is 0.639. The number of carbonyl (C=O) groups excluding carboxylic acids is 1. The number of phenols is 1. The van der Waals surface area contributed by atoms with Gasteiger partial charge in [0.05, 0.1) is 18.6 Å². The van der Waals surface area contributed by atoms with Gasteiger partial charge >= 0.3 is 0 Å². The lowest BCUT2D eigenvalue weighted by Gasteiger charge is -2.12. The van der Waals surface area contributed by atoms with Gasteiger partial charge in [0.1, 0.15) is 11.5 Å². The molecule has 0 spiro atoms. The number of ether oxygens (including phenoxy) is 1. The third kappa shape index (κ3) is 2.07. The lowest BCUT2D eigenvalue weighted by atomic mass is 10.0. The maximum atomic E-state index is 11.4. The number of rotatable bonds is 3. The van der Waals surface area contributed by atoms with E-state index < -0.39 is 0 Å². The maximum Gasteiger partial charge on any atom is 0.181 e. The van der Waals surface area contributed by atoms with Gasteiger partial charge in [-0.1, -0.05) is 0 Å². The molecule has 0 heterocycles. The smallest absolute Gasteiger partial charge is 0.181 e. The van der Waals surface area contributed by atoms with Crippen LogP contribution in [0.25, 0.3) is 0 Å². The van der Waals surface area contributed by atoms with E-state index in [0.29, 0.717) is 11.3 Å². The van der Waals surface area contributed by atoms with E-state index in [1.807, 2.05) is 6.92 Å². The largest absolute Gasteiger partial charge is 0.507 e. The normalized spacial score (nSPS) is 10.1. The number of alkyl halides is 1. The molecule has 4 heteroatoms. The molecule has 0 aliphatic carbocycles. The van der Waals surface area contributed by atoms with Crippen LogP contribution in [0.2, 0.25) is 0 Å². The number of halogens is 1. The fraction of sp³-hybridized carbons (Fsp3) is 0.364. The molecule has 0 aliphatic heterocycles. The summed E-state index contributed by atoms with van der Waals surface area (Å²) in [7, 11) is 1.53. The summed E-state index contributed by atoms with van der Waals surface area (Å²) in [6.07, 6.45) is 0. The fourth-order valence-electron chi connectivity index (χ4n) is 1.55. The van der Waals surface area contributed by atoms with Gasteiger partial charge in [-0.05, 0) is 25.5 Å². The SMILES string of the molecule is COc1c(C)cc(C(=O)CCl)c(O)c1C. The van der Waals surface area contributed by atoms with Crippen LogP contribution in [0.3, 0.4) is 0 Å². The zero-order chi connectivity index (χ0) is 11.6. The minimum absolute atomic E-state index is 0.0527. The van der Waals surface area contributed by atoms with Crippen LogP contribution < -0.4 is 4.74 Å². The van der Waals surface area contributed by atoms with E-state index in [1.165, 1.54) is 7.11 Å². The van der Waals surface area contributed by atoms with Crippen LogP contribution in [0, 0.1) is 13.8 Å². The summed E-state index contributed by atoms with van der Waals surface area (Å²) in [5.41, 5.74) is 1.62. The number of hydrogen-bond acceptors (Lipinski definition) is 3. The second-order valence-corrected chi connectivity index (χ2v) is 3.57. The van der Waals surface area contributed by atoms with E-state index in [1.54, 1.807) is 13.0 Å². The molecule has 3 nitrogen and oxygen atoms in total. The second kappa shape index (κ2) is 4.53. The summed E-state index contributed by atoms with van der Waals surface area (Å²) >= 11 is 5.44. The van der Waals surface area contributed by atoms with E-state index >= 15 is 0 Å². The van der Waals surface area contributed by atoms with E-state index in [9.17, 15) is 9.90 Å². The van der Waals surface area contributed by atoms with Gasteiger partial charge in [-0.25, -0.2) is 0 Å². The Morgan fingerprint density at radius 3 is 2.60 bits per heavy atom. The highest BCUT2D eigenvalue weighted by molar-refractivity contribution is 6.30. The third-order valence-corrected chi connectivity index (χ3v) is 2.54. The average Bonchev–Trinajstić information content (AvgIpc) is 2.23. The molecule has 1 rings (SSSR count). The monoisotopic (exact) mass is 228 g/mol. The molecule has 82 valence electrons. The van der Waals surface area contributed by atoms with E-state index in [-0.39, 0.29) is 23.0 Å². The van der Waals surface area contributed by atoms with Crippen molar-refractivity contribution in [3.63, 3.8) is 0 Å². The summed E-state index contributed by atoms with van der Waals surface area (Å²) in [5.74, 6) is 0.114. The van der Waals surface area contributed by atoms with Crippen molar-refractivity contribution in [3.8, 4) is 11.5 Å². The molecule has 0 atom stereocenters. The van der Waals surface area contributed by atoms with E-state index in [2.05, 4.69) is 0 Å². The van der Waals surface area contributed by atoms with Crippen molar-refractivity contribution in [2.45, 2.75) is 13.8 Å². The highest BCUT2D eigenvalue weighted by Crippen LogP contribution is 2.33. The van der Waals surface area contributed by atoms with Crippen molar-refractivity contribution < 1.29 is 14.6 Å². The van der Waals surface area contributed by atoms with Gasteiger partial charge in [-0.2, -0.15) is 0 Å². The Morgan fingerprint density at radius 1 is 1.53 bits per heavy atom. The van der Waals surface area contributed by atoms with Gasteiger partial charge in [0.25, 0.3) is 0 Å². The van der Waals surface area contributed by atoms with Crippen LogP contribution in [0.1, 0.15) is 21.5 Å². The number of hydrogen-bond donors (Lipinski definition) is 1. The van der Waals surface area contributed by atoms with Crippen molar-refractivity contribution in [3.05, 3.63) is 22.8 Å². The molecule has 0 aromatic heterocycles. The Morgan fingerprint density at radius 2 is 2.13 bits per heavy atom. The molecule has 1 aromatic carbocycles. The fourth-order valence-corrected chi connectivity index (χ4v) is 1.70. The summed E-state index contributed by atoms with van der Waals surface area (Å²) in [6.45, 7) is 3.52. The van der Waals surface area contributed by atoms with Gasteiger partial charge in [0, 0.05) is 5.56 Å². The molecule has 0 radical (unpaired) electrons. The number of aryl methyl sites for hydroxylation is 1. The average molecular weight is 229 g/mol. The first-order valence-corrected chi connectivity index (χ1v) is 5.02. The summed E-state index contributed by atoms with van der Waals surface area (Å²) in [5, 5.41) is 9.78. The van der Waals surface area contributed by atoms with Crippen LogP contribution in [0.4, 0.5) is 0 Å². The first-order valence-electron chi connectivity index (χ1n) is 4.49. The molecule has 0 bridgehead atoms. The third-order valence-electron chi connectivity index (χ3n) is 2.30.